The Hall–Kier alpha value is -1.69. The second-order valence-corrected chi connectivity index (χ2v) is 5.72. The van der Waals surface area contributed by atoms with Gasteiger partial charge in [0.25, 0.3) is 0 Å². The van der Waals surface area contributed by atoms with Crippen molar-refractivity contribution < 1.29 is 15.0 Å². The first-order valence-corrected chi connectivity index (χ1v) is 6.97. The van der Waals surface area contributed by atoms with Gasteiger partial charge < -0.3 is 15.5 Å². The van der Waals surface area contributed by atoms with Crippen LogP contribution < -0.4 is 5.32 Å². The van der Waals surface area contributed by atoms with Gasteiger partial charge >= 0.3 is 5.97 Å². The molecule has 2 rings (SSSR count). The molecule has 3 N–H and O–H groups in total. The lowest BCUT2D eigenvalue weighted by molar-refractivity contribution is 0.0690. The number of rotatable bonds is 5. The summed E-state index contributed by atoms with van der Waals surface area (Å²) in [5.41, 5.74) is -0.0753. The van der Waals surface area contributed by atoms with E-state index in [1.807, 2.05) is 13.8 Å². The molecule has 0 aliphatic heterocycles. The van der Waals surface area contributed by atoms with Crippen LogP contribution in [0.25, 0.3) is 0 Å². The fourth-order valence-corrected chi connectivity index (χ4v) is 2.59. The number of carboxylic acids is 1. The highest BCUT2D eigenvalue weighted by Crippen LogP contribution is 2.33. The van der Waals surface area contributed by atoms with Crippen LogP contribution in [-0.4, -0.2) is 38.3 Å². The Morgan fingerprint density at radius 3 is 2.60 bits per heavy atom. The number of nitrogens with one attached hydrogen (secondary N) is 1. The molecular weight excluding hydrogens is 258 g/mol. The van der Waals surface area contributed by atoms with Gasteiger partial charge in [0.15, 0.2) is 5.69 Å². The largest absolute Gasteiger partial charge is 0.476 e. The number of aliphatic hydroxyl groups excluding tert-OH is 1. The van der Waals surface area contributed by atoms with Crippen molar-refractivity contribution in [2.45, 2.75) is 51.0 Å². The van der Waals surface area contributed by atoms with Crippen molar-refractivity contribution in [3.05, 3.63) is 17.7 Å². The molecule has 1 heterocycles. The fourth-order valence-electron chi connectivity index (χ4n) is 2.59. The first-order chi connectivity index (χ1) is 9.47. The summed E-state index contributed by atoms with van der Waals surface area (Å²) in [6.07, 6.45) is 5.23. The molecule has 0 saturated heterocycles. The highest BCUT2D eigenvalue weighted by Gasteiger charge is 2.34. The van der Waals surface area contributed by atoms with Crippen LogP contribution in [-0.2, 0) is 0 Å². The van der Waals surface area contributed by atoms with Gasteiger partial charge in [0.1, 0.15) is 5.82 Å². The van der Waals surface area contributed by atoms with Gasteiger partial charge in [-0.25, -0.2) is 14.8 Å². The fraction of sp³-hybridized carbons (Fsp3) is 0.643. The number of aromatic carboxylic acids is 1. The molecule has 6 heteroatoms. The number of anilines is 1. The van der Waals surface area contributed by atoms with Crippen LogP contribution >= 0.6 is 0 Å². The SMILES string of the molecule is CC(C)c1ncc(NC2(CO)CCCC2)c(C(=O)O)n1. The zero-order valence-electron chi connectivity index (χ0n) is 11.9. The number of carboxylic acid groups (broad SMARTS) is 1. The molecule has 0 unspecified atom stereocenters. The molecule has 1 aromatic heterocycles. The summed E-state index contributed by atoms with van der Waals surface area (Å²) >= 11 is 0. The maximum Gasteiger partial charge on any atom is 0.356 e. The van der Waals surface area contributed by atoms with E-state index in [0.717, 1.165) is 25.7 Å². The second kappa shape index (κ2) is 5.75. The third kappa shape index (κ3) is 2.90. The number of aromatic nitrogens is 2. The predicted octanol–water partition coefficient (Wildman–Crippen LogP) is 2.02. The third-order valence-corrected chi connectivity index (χ3v) is 3.79. The van der Waals surface area contributed by atoms with E-state index in [0.29, 0.717) is 11.5 Å². The van der Waals surface area contributed by atoms with Crippen LogP contribution in [0.4, 0.5) is 5.69 Å². The van der Waals surface area contributed by atoms with E-state index < -0.39 is 11.5 Å². The van der Waals surface area contributed by atoms with Crippen molar-refractivity contribution in [2.75, 3.05) is 11.9 Å². The van der Waals surface area contributed by atoms with Crippen LogP contribution in [0.1, 0.15) is 61.8 Å². The van der Waals surface area contributed by atoms with E-state index in [1.165, 1.54) is 6.20 Å². The Bertz CT molecular complexity index is 496. The van der Waals surface area contributed by atoms with Crippen LogP contribution in [0.5, 0.6) is 0 Å². The van der Waals surface area contributed by atoms with Gasteiger partial charge in [-0.05, 0) is 12.8 Å². The molecular formula is C14H21N3O3. The molecule has 6 nitrogen and oxygen atoms in total. The maximum absolute atomic E-state index is 11.4. The van der Waals surface area contributed by atoms with E-state index in [-0.39, 0.29) is 18.2 Å². The maximum atomic E-state index is 11.4. The number of aliphatic hydroxyl groups is 1. The van der Waals surface area contributed by atoms with Gasteiger partial charge in [0.2, 0.25) is 0 Å². The molecule has 110 valence electrons. The summed E-state index contributed by atoms with van der Waals surface area (Å²) in [5.74, 6) is -0.499. The molecule has 0 aromatic carbocycles. The number of carbonyl (C=O) groups is 1. The topological polar surface area (TPSA) is 95.3 Å². The standard InChI is InChI=1S/C14H21N3O3/c1-9(2)12-15-7-10(11(16-12)13(19)20)17-14(8-18)5-3-4-6-14/h7,9,17-18H,3-6,8H2,1-2H3,(H,19,20). The Labute approximate surface area is 118 Å². The van der Waals surface area contributed by atoms with Crippen molar-refractivity contribution in [3.63, 3.8) is 0 Å². The average molecular weight is 279 g/mol. The Morgan fingerprint density at radius 2 is 2.10 bits per heavy atom. The van der Waals surface area contributed by atoms with Crippen LogP contribution in [0.3, 0.4) is 0 Å². The van der Waals surface area contributed by atoms with E-state index in [4.69, 9.17) is 0 Å². The monoisotopic (exact) mass is 279 g/mol. The molecule has 1 aromatic rings. The van der Waals surface area contributed by atoms with E-state index in [2.05, 4.69) is 15.3 Å². The van der Waals surface area contributed by atoms with Crippen LogP contribution in [0.2, 0.25) is 0 Å². The molecule has 1 aliphatic carbocycles. The highest BCUT2D eigenvalue weighted by atomic mass is 16.4. The minimum absolute atomic E-state index is 0.0159. The van der Waals surface area contributed by atoms with Crippen LogP contribution in [0, 0.1) is 0 Å². The summed E-state index contributed by atoms with van der Waals surface area (Å²) in [5, 5.41) is 22.1. The van der Waals surface area contributed by atoms with Gasteiger partial charge in [-0.15, -0.1) is 0 Å². The average Bonchev–Trinajstić information content (AvgIpc) is 2.88. The molecule has 0 atom stereocenters. The van der Waals surface area contributed by atoms with Crippen molar-refractivity contribution in [1.82, 2.24) is 9.97 Å². The number of hydrogen-bond donors (Lipinski definition) is 3. The Kier molecular flexibility index (Phi) is 4.23. The lowest BCUT2D eigenvalue weighted by Crippen LogP contribution is -2.39. The van der Waals surface area contributed by atoms with Gasteiger partial charge in [-0.2, -0.15) is 0 Å². The number of nitrogens with zero attached hydrogens (tertiary/aromatic N) is 2. The van der Waals surface area contributed by atoms with Gasteiger partial charge in [0, 0.05) is 5.92 Å². The van der Waals surface area contributed by atoms with Crippen molar-refractivity contribution in [1.29, 1.82) is 0 Å². The summed E-state index contributed by atoms with van der Waals surface area (Å²) in [6, 6.07) is 0. The van der Waals surface area contributed by atoms with E-state index in [1.54, 1.807) is 0 Å². The minimum Gasteiger partial charge on any atom is -0.476 e. The smallest absolute Gasteiger partial charge is 0.356 e. The minimum atomic E-state index is -1.08. The third-order valence-electron chi connectivity index (χ3n) is 3.79. The first kappa shape index (κ1) is 14.7. The Morgan fingerprint density at radius 1 is 1.45 bits per heavy atom. The van der Waals surface area contributed by atoms with Crippen molar-refractivity contribution in [2.24, 2.45) is 0 Å². The molecule has 1 fully saturated rings. The highest BCUT2D eigenvalue weighted by molar-refractivity contribution is 5.91. The first-order valence-electron chi connectivity index (χ1n) is 6.97. The van der Waals surface area contributed by atoms with E-state index >= 15 is 0 Å². The zero-order chi connectivity index (χ0) is 14.8. The summed E-state index contributed by atoms with van der Waals surface area (Å²) in [4.78, 5) is 19.7. The molecule has 0 spiro atoms. The quantitative estimate of drug-likeness (QED) is 0.763. The molecule has 1 aliphatic rings. The summed E-state index contributed by atoms with van der Waals surface area (Å²) in [6.45, 7) is 3.82. The molecule has 0 bridgehead atoms. The molecule has 20 heavy (non-hydrogen) atoms. The van der Waals surface area contributed by atoms with Gasteiger partial charge in [-0.1, -0.05) is 26.7 Å². The van der Waals surface area contributed by atoms with Crippen molar-refractivity contribution >= 4 is 11.7 Å². The van der Waals surface area contributed by atoms with Crippen LogP contribution in [0.15, 0.2) is 6.20 Å². The van der Waals surface area contributed by atoms with Crippen molar-refractivity contribution in [3.8, 4) is 0 Å². The summed E-state index contributed by atoms with van der Waals surface area (Å²) < 4.78 is 0. The molecule has 1 saturated carbocycles. The number of hydrogen-bond acceptors (Lipinski definition) is 5. The summed E-state index contributed by atoms with van der Waals surface area (Å²) in [7, 11) is 0. The molecule has 0 radical (unpaired) electrons. The molecule has 0 amide bonds. The van der Waals surface area contributed by atoms with E-state index in [9.17, 15) is 15.0 Å². The normalized spacial score (nSPS) is 17.4. The Balaban J connectivity index is 2.33. The second-order valence-electron chi connectivity index (χ2n) is 5.72. The lowest BCUT2D eigenvalue weighted by Gasteiger charge is -2.29. The van der Waals surface area contributed by atoms with Gasteiger partial charge in [-0.3, -0.25) is 0 Å². The zero-order valence-corrected chi connectivity index (χ0v) is 11.9. The lowest BCUT2D eigenvalue weighted by atomic mass is 9.98. The van der Waals surface area contributed by atoms with Gasteiger partial charge in [0.05, 0.1) is 24.0 Å². The predicted molar refractivity (Wildman–Crippen MR) is 75.0 cm³/mol.